The first-order valence-corrected chi connectivity index (χ1v) is 8.63. The van der Waals surface area contributed by atoms with E-state index in [1.165, 1.54) is 11.3 Å². The molecule has 24 heavy (non-hydrogen) atoms. The number of carbonyl (C=O) groups is 2. The van der Waals surface area contributed by atoms with E-state index in [-0.39, 0.29) is 24.3 Å². The van der Waals surface area contributed by atoms with Crippen LogP contribution in [-0.2, 0) is 0 Å². The molecule has 0 fully saturated rings. The molecular formula is C18H22N2O3S. The fraction of sp³-hybridized carbons (Fsp3) is 0.333. The number of nitrogens with one attached hydrogen (secondary N) is 2. The molecule has 0 saturated carbocycles. The molecule has 5 nitrogen and oxygen atoms in total. The first-order valence-electron chi connectivity index (χ1n) is 7.75. The van der Waals surface area contributed by atoms with Gasteiger partial charge in [-0.05, 0) is 36.4 Å². The zero-order valence-electron chi connectivity index (χ0n) is 14.0. The number of para-hydroxylation sites is 1. The number of rotatable bonds is 6. The summed E-state index contributed by atoms with van der Waals surface area (Å²) < 4.78 is 0. The van der Waals surface area contributed by atoms with Crippen LogP contribution in [0.25, 0.3) is 0 Å². The van der Waals surface area contributed by atoms with Crippen LogP contribution in [0.3, 0.4) is 0 Å². The molecule has 2 aromatic rings. The largest absolute Gasteiger partial charge is 0.388 e. The van der Waals surface area contributed by atoms with Gasteiger partial charge in [-0.1, -0.05) is 32.0 Å². The summed E-state index contributed by atoms with van der Waals surface area (Å²) in [6, 6.07) is 10.3. The van der Waals surface area contributed by atoms with Gasteiger partial charge in [0.15, 0.2) is 0 Å². The molecule has 1 aromatic carbocycles. The first kappa shape index (κ1) is 18.2. The van der Waals surface area contributed by atoms with Crippen LogP contribution in [-0.4, -0.2) is 29.1 Å². The van der Waals surface area contributed by atoms with Gasteiger partial charge in [0, 0.05) is 6.54 Å². The minimum Gasteiger partial charge on any atom is -0.388 e. The standard InChI is InChI=1S/C18H22N2O3S/c1-12(2)18(3,23)11-19-16(21)13-7-4-5-8-14(13)20-17(22)15-9-6-10-24-15/h4-10,12,23H,11H2,1-3H3,(H,19,21)(H,20,22). The van der Waals surface area contributed by atoms with Crippen LogP contribution < -0.4 is 10.6 Å². The highest BCUT2D eigenvalue weighted by molar-refractivity contribution is 7.12. The molecule has 0 aliphatic heterocycles. The van der Waals surface area contributed by atoms with Crippen LogP contribution in [0.2, 0.25) is 0 Å². The van der Waals surface area contributed by atoms with Crippen molar-refractivity contribution >= 4 is 28.8 Å². The molecule has 1 heterocycles. The van der Waals surface area contributed by atoms with Crippen LogP contribution >= 0.6 is 11.3 Å². The number of thiophene rings is 1. The van der Waals surface area contributed by atoms with Crippen molar-refractivity contribution < 1.29 is 14.7 Å². The summed E-state index contributed by atoms with van der Waals surface area (Å²) in [6.45, 7) is 5.60. The molecule has 0 saturated heterocycles. The average molecular weight is 346 g/mol. The van der Waals surface area contributed by atoms with Crippen LogP contribution in [0.1, 0.15) is 40.8 Å². The molecule has 128 valence electrons. The van der Waals surface area contributed by atoms with Crippen molar-refractivity contribution in [2.24, 2.45) is 5.92 Å². The second kappa shape index (κ2) is 7.59. The van der Waals surface area contributed by atoms with Gasteiger partial charge in [-0.15, -0.1) is 11.3 Å². The number of benzene rings is 1. The van der Waals surface area contributed by atoms with Crippen molar-refractivity contribution in [2.45, 2.75) is 26.4 Å². The Balaban J connectivity index is 2.10. The van der Waals surface area contributed by atoms with Crippen molar-refractivity contribution in [3.63, 3.8) is 0 Å². The molecular weight excluding hydrogens is 324 g/mol. The van der Waals surface area contributed by atoms with Crippen LogP contribution in [0.5, 0.6) is 0 Å². The fourth-order valence-electron chi connectivity index (χ4n) is 1.94. The third-order valence-electron chi connectivity index (χ3n) is 4.02. The van der Waals surface area contributed by atoms with Crippen LogP contribution in [0.15, 0.2) is 41.8 Å². The maximum atomic E-state index is 12.4. The van der Waals surface area contributed by atoms with Crippen LogP contribution in [0, 0.1) is 5.92 Å². The lowest BCUT2D eigenvalue weighted by atomic mass is 9.92. The second-order valence-corrected chi connectivity index (χ2v) is 7.12. The van der Waals surface area contributed by atoms with Gasteiger partial charge >= 0.3 is 0 Å². The average Bonchev–Trinajstić information content (AvgIpc) is 3.07. The van der Waals surface area contributed by atoms with Crippen molar-refractivity contribution in [2.75, 3.05) is 11.9 Å². The molecule has 0 aliphatic carbocycles. The minimum atomic E-state index is -0.995. The fourth-order valence-corrected chi connectivity index (χ4v) is 2.56. The molecule has 1 unspecified atom stereocenters. The van der Waals surface area contributed by atoms with Gasteiger partial charge in [0.1, 0.15) is 0 Å². The lowest BCUT2D eigenvalue weighted by molar-refractivity contribution is 0.0142. The number of hydrogen-bond acceptors (Lipinski definition) is 4. The van der Waals surface area contributed by atoms with Gasteiger partial charge in [0.2, 0.25) is 0 Å². The summed E-state index contributed by atoms with van der Waals surface area (Å²) in [4.78, 5) is 25.2. The molecule has 0 radical (unpaired) electrons. The van der Waals surface area contributed by atoms with Gasteiger partial charge < -0.3 is 15.7 Å². The Bertz CT molecular complexity index is 709. The summed E-state index contributed by atoms with van der Waals surface area (Å²) in [5.74, 6) is -0.580. The van der Waals surface area contributed by atoms with E-state index in [0.29, 0.717) is 16.1 Å². The molecule has 3 N–H and O–H groups in total. The van der Waals surface area contributed by atoms with Gasteiger partial charge in [-0.2, -0.15) is 0 Å². The van der Waals surface area contributed by atoms with Gasteiger partial charge in [0.05, 0.1) is 21.7 Å². The summed E-state index contributed by atoms with van der Waals surface area (Å²) in [7, 11) is 0. The van der Waals surface area contributed by atoms with E-state index in [9.17, 15) is 14.7 Å². The Morgan fingerprint density at radius 1 is 1.17 bits per heavy atom. The molecule has 0 bridgehead atoms. The van der Waals surface area contributed by atoms with Crippen molar-refractivity contribution in [1.82, 2.24) is 5.32 Å². The Morgan fingerprint density at radius 2 is 1.88 bits per heavy atom. The maximum Gasteiger partial charge on any atom is 0.265 e. The second-order valence-electron chi connectivity index (χ2n) is 6.17. The highest BCUT2D eigenvalue weighted by atomic mass is 32.1. The molecule has 0 aliphatic rings. The number of hydrogen-bond donors (Lipinski definition) is 3. The third-order valence-corrected chi connectivity index (χ3v) is 4.88. The highest BCUT2D eigenvalue weighted by Gasteiger charge is 2.26. The maximum absolute atomic E-state index is 12.4. The Labute approximate surface area is 145 Å². The number of carbonyl (C=O) groups excluding carboxylic acids is 2. The van der Waals surface area contributed by atoms with Gasteiger partial charge in [-0.25, -0.2) is 0 Å². The predicted molar refractivity (Wildman–Crippen MR) is 96.5 cm³/mol. The molecule has 1 aromatic heterocycles. The molecule has 2 rings (SSSR count). The zero-order valence-corrected chi connectivity index (χ0v) is 14.8. The van der Waals surface area contributed by atoms with E-state index in [4.69, 9.17) is 0 Å². The van der Waals surface area contributed by atoms with Crippen molar-refractivity contribution in [3.05, 3.63) is 52.2 Å². The third kappa shape index (κ3) is 4.43. The summed E-state index contributed by atoms with van der Waals surface area (Å²) >= 11 is 1.34. The van der Waals surface area contributed by atoms with E-state index >= 15 is 0 Å². The SMILES string of the molecule is CC(C)C(C)(O)CNC(=O)c1ccccc1NC(=O)c1cccs1. The molecule has 2 amide bonds. The Morgan fingerprint density at radius 3 is 2.50 bits per heavy atom. The molecule has 1 atom stereocenters. The first-order chi connectivity index (χ1) is 11.3. The van der Waals surface area contributed by atoms with Gasteiger partial charge in [-0.3, -0.25) is 9.59 Å². The van der Waals surface area contributed by atoms with Crippen molar-refractivity contribution in [3.8, 4) is 0 Å². The van der Waals surface area contributed by atoms with E-state index < -0.39 is 5.60 Å². The minimum absolute atomic E-state index is 0.00609. The zero-order chi connectivity index (χ0) is 17.7. The summed E-state index contributed by atoms with van der Waals surface area (Å²) in [6.07, 6.45) is 0. The topological polar surface area (TPSA) is 78.4 Å². The number of anilines is 1. The lowest BCUT2D eigenvalue weighted by Crippen LogP contribution is -2.44. The van der Waals surface area contributed by atoms with Crippen molar-refractivity contribution in [1.29, 1.82) is 0 Å². The monoisotopic (exact) mass is 346 g/mol. The predicted octanol–water partition coefficient (Wildman–Crippen LogP) is 3.14. The lowest BCUT2D eigenvalue weighted by Gasteiger charge is -2.28. The van der Waals surface area contributed by atoms with Crippen LogP contribution in [0.4, 0.5) is 5.69 Å². The van der Waals surface area contributed by atoms with E-state index in [2.05, 4.69) is 10.6 Å². The number of amides is 2. The molecule has 6 heteroatoms. The summed E-state index contributed by atoms with van der Waals surface area (Å²) in [5.41, 5.74) is -0.190. The normalized spacial score (nSPS) is 13.4. The Kier molecular flexibility index (Phi) is 5.75. The smallest absolute Gasteiger partial charge is 0.265 e. The van der Waals surface area contributed by atoms with E-state index in [0.717, 1.165) is 0 Å². The quantitative estimate of drug-likeness (QED) is 0.752. The van der Waals surface area contributed by atoms with Gasteiger partial charge in [0.25, 0.3) is 11.8 Å². The highest BCUT2D eigenvalue weighted by Crippen LogP contribution is 2.19. The number of aliphatic hydroxyl groups is 1. The van der Waals surface area contributed by atoms with E-state index in [1.54, 1.807) is 43.3 Å². The summed E-state index contributed by atoms with van der Waals surface area (Å²) in [5, 5.41) is 17.6. The molecule has 0 spiro atoms. The van der Waals surface area contributed by atoms with E-state index in [1.807, 2.05) is 19.2 Å². The Hall–Kier alpha value is -2.18.